The molecule has 31 heavy (non-hydrogen) atoms. The summed E-state index contributed by atoms with van der Waals surface area (Å²) in [5.74, 6) is -2.09. The standard InChI is InChI=1S/C18H23N3O10/c1-5-27-18(26)20-13-6-7-21(17(25)19-13)16-15(30-11(4)24)14(29-10(3)23)12(31-16)8-28-9(2)22/h6-7,12,14-16H,5,8H2,1-4H3,(H,19,20,25,26)/t12-,14+,15-,16-/m0/s1. The molecule has 1 aromatic heterocycles. The number of anilines is 1. The summed E-state index contributed by atoms with van der Waals surface area (Å²) in [5, 5.41) is 2.28. The summed E-state index contributed by atoms with van der Waals surface area (Å²) in [6.45, 7) is 4.89. The average Bonchev–Trinajstić information content (AvgIpc) is 2.96. The number of carbonyl (C=O) groups is 4. The number of esters is 3. The highest BCUT2D eigenvalue weighted by atomic mass is 16.7. The van der Waals surface area contributed by atoms with Crippen LogP contribution in [0.4, 0.5) is 10.6 Å². The molecule has 13 nitrogen and oxygen atoms in total. The highest BCUT2D eigenvalue weighted by Gasteiger charge is 2.50. The molecule has 0 spiro atoms. The molecule has 1 saturated heterocycles. The van der Waals surface area contributed by atoms with E-state index in [0.717, 1.165) is 18.4 Å². The quantitative estimate of drug-likeness (QED) is 0.452. The van der Waals surface area contributed by atoms with Gasteiger partial charge in [-0.1, -0.05) is 0 Å². The van der Waals surface area contributed by atoms with E-state index in [1.807, 2.05) is 0 Å². The van der Waals surface area contributed by atoms with E-state index in [0.29, 0.717) is 0 Å². The van der Waals surface area contributed by atoms with Crippen molar-refractivity contribution in [2.45, 2.75) is 52.2 Å². The van der Waals surface area contributed by atoms with Crippen LogP contribution in [-0.4, -0.2) is 65.1 Å². The largest absolute Gasteiger partial charge is 0.463 e. The number of aromatic nitrogens is 2. The van der Waals surface area contributed by atoms with Crippen LogP contribution in [0.1, 0.15) is 33.9 Å². The number of rotatable bonds is 7. The van der Waals surface area contributed by atoms with Crippen LogP contribution in [0.25, 0.3) is 0 Å². The second kappa shape index (κ2) is 10.5. The Bertz CT molecular complexity index is 899. The van der Waals surface area contributed by atoms with Gasteiger partial charge in [-0.2, -0.15) is 4.98 Å². The molecule has 1 amide bonds. The predicted octanol–water partition coefficient (Wildman–Crippen LogP) is 0.136. The molecule has 1 aliphatic heterocycles. The van der Waals surface area contributed by atoms with Gasteiger partial charge in [0.2, 0.25) is 0 Å². The summed E-state index contributed by atoms with van der Waals surface area (Å²) in [6, 6.07) is 1.30. The fraction of sp³-hybridized carbons (Fsp3) is 0.556. The van der Waals surface area contributed by atoms with Crippen LogP contribution in [0.5, 0.6) is 0 Å². The maximum atomic E-state index is 12.5. The molecule has 2 heterocycles. The first kappa shape index (κ1) is 23.8. The van der Waals surface area contributed by atoms with Crippen LogP contribution in [0, 0.1) is 0 Å². The van der Waals surface area contributed by atoms with Gasteiger partial charge in [-0.15, -0.1) is 0 Å². The van der Waals surface area contributed by atoms with E-state index in [-0.39, 0.29) is 19.0 Å². The first-order valence-electron chi connectivity index (χ1n) is 9.28. The molecule has 13 heteroatoms. The molecule has 0 saturated carbocycles. The van der Waals surface area contributed by atoms with Crippen molar-refractivity contribution in [3.05, 3.63) is 22.7 Å². The molecule has 0 aliphatic carbocycles. The Hall–Kier alpha value is -3.48. The number of nitrogens with one attached hydrogen (secondary N) is 1. The van der Waals surface area contributed by atoms with Crippen LogP contribution in [0.15, 0.2) is 17.1 Å². The Kier molecular flexibility index (Phi) is 8.07. The molecule has 1 aromatic rings. The van der Waals surface area contributed by atoms with Crippen LogP contribution in [0.2, 0.25) is 0 Å². The van der Waals surface area contributed by atoms with Gasteiger partial charge in [0.25, 0.3) is 0 Å². The van der Waals surface area contributed by atoms with Crippen LogP contribution in [-0.2, 0) is 38.1 Å². The van der Waals surface area contributed by atoms with E-state index < -0.39 is 54.2 Å². The van der Waals surface area contributed by atoms with Crippen molar-refractivity contribution in [3.63, 3.8) is 0 Å². The van der Waals surface area contributed by atoms with Gasteiger partial charge in [-0.25, -0.2) is 9.59 Å². The Labute approximate surface area is 176 Å². The SMILES string of the molecule is CCOC(=O)Nc1ccn([C@H]2O[C@@H](COC(C)=O)[C@@H](OC(C)=O)[C@@H]2OC(C)=O)c(=O)n1. The molecule has 0 radical (unpaired) electrons. The van der Waals surface area contributed by atoms with Crippen molar-refractivity contribution >= 4 is 29.8 Å². The monoisotopic (exact) mass is 441 g/mol. The number of hydrogen-bond acceptors (Lipinski definition) is 11. The number of hydrogen-bond donors (Lipinski definition) is 1. The van der Waals surface area contributed by atoms with E-state index in [1.165, 1.54) is 19.2 Å². The molecule has 2 rings (SSSR count). The number of amides is 1. The third-order valence-electron chi connectivity index (χ3n) is 3.95. The van der Waals surface area contributed by atoms with Crippen LogP contribution >= 0.6 is 0 Å². The topological polar surface area (TPSA) is 161 Å². The van der Waals surface area contributed by atoms with E-state index in [4.69, 9.17) is 23.7 Å². The first-order chi connectivity index (χ1) is 14.6. The van der Waals surface area contributed by atoms with Crippen LogP contribution < -0.4 is 11.0 Å². The summed E-state index contributed by atoms with van der Waals surface area (Å²) >= 11 is 0. The lowest BCUT2D eigenvalue weighted by atomic mass is 10.1. The van der Waals surface area contributed by atoms with Crippen molar-refractivity contribution < 1.29 is 42.9 Å². The van der Waals surface area contributed by atoms with E-state index in [2.05, 4.69) is 10.3 Å². The molecule has 1 N–H and O–H groups in total. The number of carbonyl (C=O) groups excluding carboxylic acids is 4. The average molecular weight is 441 g/mol. The van der Waals surface area contributed by atoms with Crippen molar-refractivity contribution in [2.75, 3.05) is 18.5 Å². The zero-order chi connectivity index (χ0) is 23.1. The Balaban J connectivity index is 2.35. The molecular formula is C18H23N3O10. The van der Waals surface area contributed by atoms with E-state index >= 15 is 0 Å². The molecule has 0 bridgehead atoms. The van der Waals surface area contributed by atoms with Gasteiger partial charge in [0.1, 0.15) is 18.5 Å². The normalized spacial score (nSPS) is 22.3. The lowest BCUT2D eigenvalue weighted by Crippen LogP contribution is -2.41. The summed E-state index contributed by atoms with van der Waals surface area (Å²) in [5.41, 5.74) is -0.855. The fourth-order valence-corrected chi connectivity index (χ4v) is 2.86. The summed E-state index contributed by atoms with van der Waals surface area (Å²) in [7, 11) is 0. The molecule has 1 aliphatic rings. The van der Waals surface area contributed by atoms with Crippen molar-refractivity contribution in [2.24, 2.45) is 0 Å². The second-order valence-corrected chi connectivity index (χ2v) is 6.36. The Morgan fingerprint density at radius 2 is 1.71 bits per heavy atom. The fourth-order valence-electron chi connectivity index (χ4n) is 2.86. The maximum absolute atomic E-state index is 12.5. The highest BCUT2D eigenvalue weighted by Crippen LogP contribution is 2.33. The lowest BCUT2D eigenvalue weighted by molar-refractivity contribution is -0.166. The van der Waals surface area contributed by atoms with Crippen LogP contribution in [0.3, 0.4) is 0 Å². The van der Waals surface area contributed by atoms with E-state index in [1.54, 1.807) is 6.92 Å². The third-order valence-corrected chi connectivity index (χ3v) is 3.95. The smallest absolute Gasteiger partial charge is 0.412 e. The minimum Gasteiger partial charge on any atom is -0.463 e. The van der Waals surface area contributed by atoms with Crippen molar-refractivity contribution in [1.29, 1.82) is 0 Å². The number of nitrogens with zero attached hydrogens (tertiary/aromatic N) is 2. The summed E-state index contributed by atoms with van der Waals surface area (Å²) < 4.78 is 26.9. The number of ether oxygens (including phenoxy) is 5. The maximum Gasteiger partial charge on any atom is 0.412 e. The lowest BCUT2D eigenvalue weighted by Gasteiger charge is -2.23. The van der Waals surface area contributed by atoms with Crippen molar-refractivity contribution in [1.82, 2.24) is 9.55 Å². The molecule has 4 atom stereocenters. The molecule has 0 aromatic carbocycles. The van der Waals surface area contributed by atoms with Crippen molar-refractivity contribution in [3.8, 4) is 0 Å². The second-order valence-electron chi connectivity index (χ2n) is 6.36. The summed E-state index contributed by atoms with van der Waals surface area (Å²) in [4.78, 5) is 62.2. The molecule has 0 unspecified atom stereocenters. The Morgan fingerprint density at radius 3 is 2.26 bits per heavy atom. The Morgan fingerprint density at radius 1 is 1.06 bits per heavy atom. The zero-order valence-electron chi connectivity index (χ0n) is 17.4. The van der Waals surface area contributed by atoms with Gasteiger partial charge >= 0.3 is 29.7 Å². The highest BCUT2D eigenvalue weighted by molar-refractivity contribution is 5.83. The van der Waals surface area contributed by atoms with Gasteiger partial charge < -0.3 is 23.7 Å². The minimum absolute atomic E-state index is 0.0743. The van der Waals surface area contributed by atoms with Gasteiger partial charge in [-0.3, -0.25) is 24.3 Å². The molecule has 170 valence electrons. The molecule has 1 fully saturated rings. The third kappa shape index (κ3) is 6.50. The minimum atomic E-state index is -1.24. The zero-order valence-corrected chi connectivity index (χ0v) is 17.4. The van der Waals surface area contributed by atoms with Gasteiger partial charge in [0, 0.05) is 27.0 Å². The molecular weight excluding hydrogens is 418 g/mol. The van der Waals surface area contributed by atoms with E-state index in [9.17, 15) is 24.0 Å². The first-order valence-corrected chi connectivity index (χ1v) is 9.28. The van der Waals surface area contributed by atoms with Gasteiger partial charge in [0.15, 0.2) is 18.4 Å². The van der Waals surface area contributed by atoms with Gasteiger partial charge in [-0.05, 0) is 13.0 Å². The summed E-state index contributed by atoms with van der Waals surface area (Å²) in [6.07, 6.45) is -4.20. The predicted molar refractivity (Wildman–Crippen MR) is 101 cm³/mol. The van der Waals surface area contributed by atoms with Gasteiger partial charge in [0.05, 0.1) is 6.61 Å².